The van der Waals surface area contributed by atoms with Crippen molar-refractivity contribution in [1.29, 1.82) is 0 Å². The summed E-state index contributed by atoms with van der Waals surface area (Å²) in [6.07, 6.45) is 2.97. The Balaban J connectivity index is 2.21. The molecule has 1 atom stereocenters. The first kappa shape index (κ1) is 15.9. The molecule has 0 aromatic carbocycles. The molecule has 1 unspecified atom stereocenters. The van der Waals surface area contributed by atoms with Gasteiger partial charge in [-0.05, 0) is 25.8 Å². The monoisotopic (exact) mass is 271 g/mol. The lowest BCUT2D eigenvalue weighted by atomic mass is 9.93. The van der Waals surface area contributed by atoms with Gasteiger partial charge in [-0.25, -0.2) is 0 Å². The van der Waals surface area contributed by atoms with Gasteiger partial charge in [0.15, 0.2) is 0 Å². The minimum atomic E-state index is -0.424. The molecule has 19 heavy (non-hydrogen) atoms. The molecule has 1 fully saturated rings. The molecule has 0 bridgehead atoms. The molecule has 1 heterocycles. The van der Waals surface area contributed by atoms with Crippen molar-refractivity contribution in [3.63, 3.8) is 0 Å². The molecule has 0 radical (unpaired) electrons. The predicted octanol–water partition coefficient (Wildman–Crippen LogP) is -0.212. The van der Waals surface area contributed by atoms with Crippen molar-refractivity contribution in [2.24, 2.45) is 0 Å². The minimum Gasteiger partial charge on any atom is -0.383 e. The first-order valence-electron chi connectivity index (χ1n) is 6.93. The molecule has 0 aliphatic carbocycles. The smallest absolute Gasteiger partial charge is 0.240 e. The third-order valence-electron chi connectivity index (χ3n) is 3.55. The first-order valence-corrected chi connectivity index (χ1v) is 6.93. The zero-order valence-corrected chi connectivity index (χ0v) is 11.9. The van der Waals surface area contributed by atoms with Gasteiger partial charge in [-0.3, -0.25) is 9.59 Å². The lowest BCUT2D eigenvalue weighted by molar-refractivity contribution is -0.127. The molecule has 1 saturated heterocycles. The topological polar surface area (TPSA) is 79.5 Å². The highest BCUT2D eigenvalue weighted by molar-refractivity contribution is 5.87. The molecule has 110 valence electrons. The average Bonchev–Trinajstić information content (AvgIpc) is 2.89. The summed E-state index contributed by atoms with van der Waals surface area (Å²) in [6, 6.07) is 0. The summed E-state index contributed by atoms with van der Waals surface area (Å²) in [5.74, 6) is -0.0560. The number of nitrogens with one attached hydrogen (secondary N) is 3. The highest BCUT2D eigenvalue weighted by atomic mass is 16.5. The molecule has 3 N–H and O–H groups in total. The Hall–Kier alpha value is -1.14. The van der Waals surface area contributed by atoms with Gasteiger partial charge in [0.05, 0.1) is 12.1 Å². The molecule has 0 spiro atoms. The van der Waals surface area contributed by atoms with Crippen molar-refractivity contribution < 1.29 is 14.3 Å². The predicted molar refractivity (Wildman–Crippen MR) is 72.8 cm³/mol. The van der Waals surface area contributed by atoms with Gasteiger partial charge >= 0.3 is 0 Å². The van der Waals surface area contributed by atoms with Gasteiger partial charge in [0.1, 0.15) is 0 Å². The van der Waals surface area contributed by atoms with Crippen molar-refractivity contribution in [3.8, 4) is 0 Å². The van der Waals surface area contributed by atoms with E-state index in [0.29, 0.717) is 26.1 Å². The van der Waals surface area contributed by atoms with Crippen LogP contribution in [0.2, 0.25) is 0 Å². The van der Waals surface area contributed by atoms with E-state index in [1.807, 2.05) is 6.92 Å². The molecule has 1 aliphatic heterocycles. The summed E-state index contributed by atoms with van der Waals surface area (Å²) in [5, 5.41) is 8.83. The maximum atomic E-state index is 12.1. The molecular weight excluding hydrogens is 246 g/mol. The first-order chi connectivity index (χ1) is 9.14. The van der Waals surface area contributed by atoms with Crippen LogP contribution in [0.25, 0.3) is 0 Å². The third kappa shape index (κ3) is 4.80. The third-order valence-corrected chi connectivity index (χ3v) is 3.55. The second-order valence-corrected chi connectivity index (χ2v) is 4.81. The number of carbonyl (C=O) groups is 2. The molecule has 0 saturated carbocycles. The standard InChI is InChI=1S/C13H25N3O3/c1-3-13(6-4-7-16-13)12(18)15-8-5-11(17)14-9-10-19-2/h16H,3-10H2,1-2H3,(H,14,17)(H,15,18). The van der Waals surface area contributed by atoms with Crippen LogP contribution < -0.4 is 16.0 Å². The van der Waals surface area contributed by atoms with E-state index in [2.05, 4.69) is 16.0 Å². The Morgan fingerprint density at radius 2 is 2.11 bits per heavy atom. The SMILES string of the molecule is CCC1(C(=O)NCCC(=O)NCCOC)CCCN1. The Bertz CT molecular complexity index is 302. The highest BCUT2D eigenvalue weighted by Crippen LogP contribution is 2.22. The minimum absolute atomic E-state index is 0.0113. The molecule has 6 nitrogen and oxygen atoms in total. The number of methoxy groups -OCH3 is 1. The van der Waals surface area contributed by atoms with Crippen molar-refractivity contribution in [1.82, 2.24) is 16.0 Å². The fourth-order valence-electron chi connectivity index (χ4n) is 2.30. The second kappa shape index (κ2) is 8.12. The Kier molecular flexibility index (Phi) is 6.80. The summed E-state index contributed by atoms with van der Waals surface area (Å²) in [6.45, 7) is 4.28. The van der Waals surface area contributed by atoms with Crippen LogP contribution >= 0.6 is 0 Å². The largest absolute Gasteiger partial charge is 0.383 e. The van der Waals surface area contributed by atoms with Crippen LogP contribution in [0.3, 0.4) is 0 Å². The zero-order valence-electron chi connectivity index (χ0n) is 11.9. The van der Waals surface area contributed by atoms with E-state index in [4.69, 9.17) is 4.74 Å². The Morgan fingerprint density at radius 3 is 2.68 bits per heavy atom. The lowest BCUT2D eigenvalue weighted by Gasteiger charge is -2.26. The van der Waals surface area contributed by atoms with Gasteiger partial charge in [-0.2, -0.15) is 0 Å². The van der Waals surface area contributed by atoms with Crippen LogP contribution in [0.1, 0.15) is 32.6 Å². The van der Waals surface area contributed by atoms with E-state index in [-0.39, 0.29) is 11.8 Å². The van der Waals surface area contributed by atoms with E-state index in [1.54, 1.807) is 7.11 Å². The molecule has 6 heteroatoms. The van der Waals surface area contributed by atoms with Crippen LogP contribution in [0.5, 0.6) is 0 Å². The summed E-state index contributed by atoms with van der Waals surface area (Å²) in [5.41, 5.74) is -0.424. The van der Waals surface area contributed by atoms with E-state index >= 15 is 0 Å². The van der Waals surface area contributed by atoms with E-state index < -0.39 is 5.54 Å². The number of hydrogen-bond donors (Lipinski definition) is 3. The fraction of sp³-hybridized carbons (Fsp3) is 0.846. The van der Waals surface area contributed by atoms with Crippen LogP contribution in [0.4, 0.5) is 0 Å². The van der Waals surface area contributed by atoms with Gasteiger partial charge in [-0.1, -0.05) is 6.92 Å². The molecule has 0 aromatic heterocycles. The fourth-order valence-corrected chi connectivity index (χ4v) is 2.30. The van der Waals surface area contributed by atoms with Gasteiger partial charge in [-0.15, -0.1) is 0 Å². The Labute approximate surface area is 114 Å². The van der Waals surface area contributed by atoms with E-state index in [9.17, 15) is 9.59 Å². The molecule has 2 amide bonds. The van der Waals surface area contributed by atoms with Crippen molar-refractivity contribution in [2.45, 2.75) is 38.1 Å². The number of amides is 2. The summed E-state index contributed by atoms with van der Waals surface area (Å²) in [4.78, 5) is 23.6. The number of ether oxygens (including phenoxy) is 1. The zero-order chi connectivity index (χ0) is 14.1. The summed E-state index contributed by atoms with van der Waals surface area (Å²) in [7, 11) is 1.59. The van der Waals surface area contributed by atoms with Crippen LogP contribution in [0.15, 0.2) is 0 Å². The van der Waals surface area contributed by atoms with Crippen molar-refractivity contribution in [2.75, 3.05) is 33.4 Å². The van der Waals surface area contributed by atoms with Gasteiger partial charge < -0.3 is 20.7 Å². The van der Waals surface area contributed by atoms with E-state index in [1.165, 1.54) is 0 Å². The molecule has 1 aliphatic rings. The normalized spacial score (nSPS) is 22.2. The molecule has 0 aromatic rings. The van der Waals surface area contributed by atoms with Crippen molar-refractivity contribution >= 4 is 11.8 Å². The summed E-state index contributed by atoms with van der Waals surface area (Å²) >= 11 is 0. The highest BCUT2D eigenvalue weighted by Gasteiger charge is 2.38. The second-order valence-electron chi connectivity index (χ2n) is 4.81. The maximum Gasteiger partial charge on any atom is 0.240 e. The van der Waals surface area contributed by atoms with Crippen molar-refractivity contribution in [3.05, 3.63) is 0 Å². The summed E-state index contributed by atoms with van der Waals surface area (Å²) < 4.78 is 4.84. The van der Waals surface area contributed by atoms with E-state index in [0.717, 1.165) is 25.8 Å². The quantitative estimate of drug-likeness (QED) is 0.534. The Morgan fingerprint density at radius 1 is 1.32 bits per heavy atom. The maximum absolute atomic E-state index is 12.1. The van der Waals surface area contributed by atoms with Crippen LogP contribution in [-0.4, -0.2) is 50.7 Å². The average molecular weight is 271 g/mol. The number of hydrogen-bond acceptors (Lipinski definition) is 4. The van der Waals surface area contributed by atoms with Gasteiger partial charge in [0, 0.05) is 26.6 Å². The number of rotatable bonds is 8. The van der Waals surface area contributed by atoms with Crippen LogP contribution in [-0.2, 0) is 14.3 Å². The molecule has 1 rings (SSSR count). The molecular formula is C13H25N3O3. The lowest BCUT2D eigenvalue weighted by Crippen LogP contribution is -2.53. The van der Waals surface area contributed by atoms with Crippen LogP contribution in [0, 0.1) is 0 Å². The van der Waals surface area contributed by atoms with Gasteiger partial charge in [0.2, 0.25) is 11.8 Å². The van der Waals surface area contributed by atoms with Gasteiger partial charge in [0.25, 0.3) is 0 Å². The number of carbonyl (C=O) groups excluding carboxylic acids is 2.